The van der Waals surface area contributed by atoms with Gasteiger partial charge in [-0.05, 0) is 13.3 Å². The van der Waals surface area contributed by atoms with Crippen molar-refractivity contribution in [2.24, 2.45) is 5.73 Å². The van der Waals surface area contributed by atoms with Gasteiger partial charge in [0, 0.05) is 5.57 Å². The number of rotatable bonds is 1. The Balaban J connectivity index is 2.71. The lowest BCUT2D eigenvalue weighted by atomic mass is 10.2. The van der Waals surface area contributed by atoms with Crippen LogP contribution in [-0.2, 0) is 4.79 Å². The van der Waals surface area contributed by atoms with E-state index in [9.17, 15) is 4.79 Å². The van der Waals surface area contributed by atoms with Crippen molar-refractivity contribution in [3.63, 3.8) is 0 Å². The molecule has 2 N–H and O–H groups in total. The highest BCUT2D eigenvalue weighted by atomic mass is 16.1. The Labute approximate surface area is 54.0 Å². The summed E-state index contributed by atoms with van der Waals surface area (Å²) in [4.78, 5) is 10.5. The van der Waals surface area contributed by atoms with E-state index in [1.54, 1.807) is 0 Å². The Morgan fingerprint density at radius 1 is 1.78 bits per heavy atom. The molecule has 2 nitrogen and oxygen atoms in total. The number of carbonyl (C=O) groups excluding carboxylic acids is 1. The minimum Gasteiger partial charge on any atom is -0.366 e. The third-order valence-corrected chi connectivity index (χ3v) is 1.36. The van der Waals surface area contributed by atoms with E-state index in [1.807, 2.05) is 19.1 Å². The van der Waals surface area contributed by atoms with E-state index in [-0.39, 0.29) is 5.91 Å². The van der Waals surface area contributed by atoms with Gasteiger partial charge >= 0.3 is 0 Å². The van der Waals surface area contributed by atoms with Gasteiger partial charge in [0.05, 0.1) is 0 Å². The van der Waals surface area contributed by atoms with Crippen LogP contribution in [-0.4, -0.2) is 5.91 Å². The van der Waals surface area contributed by atoms with Gasteiger partial charge < -0.3 is 5.73 Å². The zero-order chi connectivity index (χ0) is 6.85. The van der Waals surface area contributed by atoms with Crippen LogP contribution < -0.4 is 5.73 Å². The largest absolute Gasteiger partial charge is 0.366 e. The first kappa shape index (κ1) is 6.08. The molecule has 1 rings (SSSR count). The normalized spacial score (nSPS) is 17.0. The van der Waals surface area contributed by atoms with E-state index in [0.717, 1.165) is 5.57 Å². The van der Waals surface area contributed by atoms with Crippen LogP contribution in [0.1, 0.15) is 13.3 Å². The number of nitrogens with two attached hydrogens (primary N) is 1. The minimum absolute atomic E-state index is 0.303. The smallest absolute Gasteiger partial charge is 0.244 e. The molecule has 9 heavy (non-hydrogen) atoms. The molecule has 2 heteroatoms. The first-order valence-corrected chi connectivity index (χ1v) is 2.87. The van der Waals surface area contributed by atoms with Gasteiger partial charge in [-0.15, -0.1) is 0 Å². The van der Waals surface area contributed by atoms with Gasteiger partial charge in [0.1, 0.15) is 0 Å². The van der Waals surface area contributed by atoms with Crippen LogP contribution in [0.25, 0.3) is 0 Å². The van der Waals surface area contributed by atoms with E-state index < -0.39 is 0 Å². The van der Waals surface area contributed by atoms with Gasteiger partial charge in [0.15, 0.2) is 0 Å². The number of hydrogen-bond donors (Lipinski definition) is 1. The second kappa shape index (κ2) is 2.05. The van der Waals surface area contributed by atoms with Crippen molar-refractivity contribution < 1.29 is 4.79 Å². The summed E-state index contributed by atoms with van der Waals surface area (Å²) in [5, 5.41) is 0. The molecule has 0 fully saturated rings. The summed E-state index contributed by atoms with van der Waals surface area (Å²) in [5.41, 5.74) is 6.86. The Kier molecular flexibility index (Phi) is 1.39. The van der Waals surface area contributed by atoms with Gasteiger partial charge in [-0.3, -0.25) is 4.79 Å². The van der Waals surface area contributed by atoms with Crippen LogP contribution in [0.3, 0.4) is 0 Å². The molecule has 0 saturated carbocycles. The predicted octanol–water partition coefficient (Wildman–Crippen LogP) is 0.748. The number of primary amides is 1. The summed E-state index contributed by atoms with van der Waals surface area (Å²) < 4.78 is 0. The summed E-state index contributed by atoms with van der Waals surface area (Å²) in [6, 6.07) is 0. The van der Waals surface area contributed by atoms with E-state index in [0.29, 0.717) is 12.0 Å². The number of allylic oxidation sites excluding steroid dienone is 3. The molecule has 48 valence electrons. The second-order valence-corrected chi connectivity index (χ2v) is 2.19. The van der Waals surface area contributed by atoms with Crippen molar-refractivity contribution in [2.45, 2.75) is 13.3 Å². The predicted molar refractivity (Wildman–Crippen MR) is 35.7 cm³/mol. The molecule has 0 spiro atoms. The molecule has 0 saturated heterocycles. The van der Waals surface area contributed by atoms with E-state index >= 15 is 0 Å². The molecule has 0 aromatic heterocycles. The maximum absolute atomic E-state index is 10.5. The zero-order valence-electron chi connectivity index (χ0n) is 5.35. The highest BCUT2D eigenvalue weighted by Crippen LogP contribution is 2.15. The maximum atomic E-state index is 10.5. The molecule has 0 aliphatic heterocycles. The molecule has 0 atom stereocenters. The van der Waals surface area contributed by atoms with Crippen LogP contribution in [0.5, 0.6) is 0 Å². The fourth-order valence-corrected chi connectivity index (χ4v) is 0.835. The molecule has 0 aromatic rings. The van der Waals surface area contributed by atoms with E-state index in [2.05, 4.69) is 0 Å². The highest BCUT2D eigenvalue weighted by molar-refractivity contribution is 5.93. The molecule has 0 unspecified atom stereocenters. The molecule has 1 aliphatic rings. The lowest BCUT2D eigenvalue weighted by molar-refractivity contribution is -0.114. The second-order valence-electron chi connectivity index (χ2n) is 2.19. The average Bonchev–Trinajstić information content (AvgIpc) is 2.14. The Morgan fingerprint density at radius 2 is 2.44 bits per heavy atom. The average molecular weight is 123 g/mol. The van der Waals surface area contributed by atoms with Gasteiger partial charge in [-0.1, -0.05) is 17.7 Å². The third-order valence-electron chi connectivity index (χ3n) is 1.36. The topological polar surface area (TPSA) is 43.1 Å². The van der Waals surface area contributed by atoms with Crippen molar-refractivity contribution in [1.82, 2.24) is 0 Å². The van der Waals surface area contributed by atoms with Crippen molar-refractivity contribution in [2.75, 3.05) is 0 Å². The SMILES string of the molecule is CC1=CCC(C(N)=O)=C1. The van der Waals surface area contributed by atoms with Crippen LogP contribution in [0, 0.1) is 0 Å². The molecule has 0 radical (unpaired) electrons. The van der Waals surface area contributed by atoms with Gasteiger partial charge in [-0.2, -0.15) is 0 Å². The molecular formula is C7H9NO. The molecule has 0 heterocycles. The van der Waals surface area contributed by atoms with Crippen molar-refractivity contribution in [1.29, 1.82) is 0 Å². The standard InChI is InChI=1S/C7H9NO/c1-5-2-3-6(4-5)7(8)9/h2,4H,3H2,1H3,(H2,8,9). The number of carbonyl (C=O) groups is 1. The quantitative estimate of drug-likeness (QED) is 0.549. The van der Waals surface area contributed by atoms with Crippen molar-refractivity contribution >= 4 is 5.91 Å². The highest BCUT2D eigenvalue weighted by Gasteiger charge is 2.07. The fraction of sp³-hybridized carbons (Fsp3) is 0.286. The maximum Gasteiger partial charge on any atom is 0.244 e. The van der Waals surface area contributed by atoms with E-state index in [4.69, 9.17) is 5.73 Å². The summed E-state index contributed by atoms with van der Waals surface area (Å²) in [5.74, 6) is -0.303. The Hall–Kier alpha value is -1.05. The summed E-state index contributed by atoms with van der Waals surface area (Å²) in [6.07, 6.45) is 4.52. The zero-order valence-corrected chi connectivity index (χ0v) is 5.35. The molecule has 0 bridgehead atoms. The summed E-state index contributed by atoms with van der Waals surface area (Å²) >= 11 is 0. The fourth-order valence-electron chi connectivity index (χ4n) is 0.835. The minimum atomic E-state index is -0.303. The Bertz CT molecular complexity index is 201. The molecule has 1 amide bonds. The summed E-state index contributed by atoms with van der Waals surface area (Å²) in [7, 11) is 0. The first-order valence-electron chi connectivity index (χ1n) is 2.87. The van der Waals surface area contributed by atoms with Crippen LogP contribution in [0.2, 0.25) is 0 Å². The van der Waals surface area contributed by atoms with Crippen LogP contribution in [0.4, 0.5) is 0 Å². The number of hydrogen-bond acceptors (Lipinski definition) is 1. The first-order chi connectivity index (χ1) is 4.20. The summed E-state index contributed by atoms with van der Waals surface area (Å²) in [6.45, 7) is 1.95. The van der Waals surface area contributed by atoms with Crippen LogP contribution in [0.15, 0.2) is 23.3 Å². The van der Waals surface area contributed by atoms with Gasteiger partial charge in [0.25, 0.3) is 0 Å². The van der Waals surface area contributed by atoms with Crippen LogP contribution >= 0.6 is 0 Å². The lowest BCUT2D eigenvalue weighted by Gasteiger charge is -1.89. The van der Waals surface area contributed by atoms with Crippen molar-refractivity contribution in [3.8, 4) is 0 Å². The molecular weight excluding hydrogens is 114 g/mol. The van der Waals surface area contributed by atoms with Crippen molar-refractivity contribution in [3.05, 3.63) is 23.3 Å². The van der Waals surface area contributed by atoms with Gasteiger partial charge in [-0.25, -0.2) is 0 Å². The lowest BCUT2D eigenvalue weighted by Crippen LogP contribution is -2.12. The van der Waals surface area contributed by atoms with E-state index in [1.165, 1.54) is 0 Å². The number of amides is 1. The molecule has 1 aliphatic carbocycles. The third kappa shape index (κ3) is 1.19. The monoisotopic (exact) mass is 123 g/mol. The Morgan fingerprint density at radius 3 is 2.67 bits per heavy atom. The molecule has 0 aromatic carbocycles. The van der Waals surface area contributed by atoms with Gasteiger partial charge in [0.2, 0.25) is 5.91 Å².